The van der Waals surface area contributed by atoms with E-state index in [9.17, 15) is 4.39 Å². The third kappa shape index (κ3) is 9.28. The average Bonchev–Trinajstić information content (AvgIpc) is 2.22. The number of hydrogen-bond acceptors (Lipinski definition) is 1. The Kier molecular flexibility index (Phi) is 9.00. The third-order valence-electron chi connectivity index (χ3n) is 1.34. The molecule has 0 radical (unpaired) electrons. The van der Waals surface area contributed by atoms with E-state index in [0.717, 1.165) is 6.42 Å². The Morgan fingerprint density at radius 2 is 1.92 bits per heavy atom. The number of pyridine rings is 1. The van der Waals surface area contributed by atoms with Crippen molar-refractivity contribution in [3.05, 3.63) is 30.6 Å². The molecule has 1 aromatic heterocycles. The predicted octanol–water partition coefficient (Wildman–Crippen LogP) is 3.45. The molecule has 0 aromatic carbocycles. The summed E-state index contributed by atoms with van der Waals surface area (Å²) in [6.07, 6.45) is 4.20. The number of alkyl halides is 2. The maximum absolute atomic E-state index is 12.0. The molecule has 0 fully saturated rings. The molecule has 0 saturated carbocycles. The highest BCUT2D eigenvalue weighted by Gasteiger charge is 1.99. The lowest BCUT2D eigenvalue weighted by Crippen LogP contribution is -1.98. The molecule has 3 heteroatoms. The fourth-order valence-electron chi connectivity index (χ4n) is 0.703. The van der Waals surface area contributed by atoms with Gasteiger partial charge in [-0.05, 0) is 18.6 Å². The highest BCUT2D eigenvalue weighted by molar-refractivity contribution is 6.18. The first kappa shape index (κ1) is 12.4. The molecule has 1 nitrogen and oxygen atoms in total. The van der Waals surface area contributed by atoms with E-state index < -0.39 is 6.17 Å². The summed E-state index contributed by atoms with van der Waals surface area (Å²) in [5.41, 5.74) is 0. The van der Waals surface area contributed by atoms with Crippen LogP contribution in [0.1, 0.15) is 19.8 Å². The summed E-state index contributed by atoms with van der Waals surface area (Å²) in [6, 6.07) is 5.72. The zero-order valence-corrected chi connectivity index (χ0v) is 8.54. The SMILES string of the molecule is CCCC(F)CCl.c1ccncc1. The molecule has 0 saturated heterocycles. The van der Waals surface area contributed by atoms with Crippen LogP contribution in [-0.4, -0.2) is 17.0 Å². The van der Waals surface area contributed by atoms with Crippen LogP contribution in [0.2, 0.25) is 0 Å². The molecule has 74 valence electrons. The van der Waals surface area contributed by atoms with E-state index in [-0.39, 0.29) is 5.88 Å². The molecule has 13 heavy (non-hydrogen) atoms. The number of aromatic nitrogens is 1. The minimum Gasteiger partial charge on any atom is -0.265 e. The van der Waals surface area contributed by atoms with Crippen molar-refractivity contribution in [3.8, 4) is 0 Å². The quantitative estimate of drug-likeness (QED) is 0.686. The molecule has 1 atom stereocenters. The number of halogens is 2. The van der Waals surface area contributed by atoms with Gasteiger partial charge in [-0.1, -0.05) is 19.4 Å². The average molecular weight is 204 g/mol. The van der Waals surface area contributed by atoms with Crippen LogP contribution in [0.25, 0.3) is 0 Å². The van der Waals surface area contributed by atoms with Crippen molar-refractivity contribution >= 4 is 11.6 Å². The topological polar surface area (TPSA) is 12.9 Å². The monoisotopic (exact) mass is 203 g/mol. The highest BCUT2D eigenvalue weighted by atomic mass is 35.5. The fourth-order valence-corrected chi connectivity index (χ4v) is 0.857. The van der Waals surface area contributed by atoms with Crippen LogP contribution in [0.15, 0.2) is 30.6 Å². The lowest BCUT2D eigenvalue weighted by atomic mass is 10.2. The smallest absolute Gasteiger partial charge is 0.114 e. The minimum absolute atomic E-state index is 0.147. The summed E-state index contributed by atoms with van der Waals surface area (Å²) in [5, 5.41) is 0. The van der Waals surface area contributed by atoms with Crippen molar-refractivity contribution in [1.82, 2.24) is 4.98 Å². The van der Waals surface area contributed by atoms with E-state index >= 15 is 0 Å². The van der Waals surface area contributed by atoms with E-state index in [1.165, 1.54) is 0 Å². The van der Waals surface area contributed by atoms with Gasteiger partial charge in [0.25, 0.3) is 0 Å². The molecule has 1 heterocycles. The molecule has 0 bridgehead atoms. The summed E-state index contributed by atoms with van der Waals surface area (Å²) < 4.78 is 12.0. The van der Waals surface area contributed by atoms with Crippen molar-refractivity contribution in [3.63, 3.8) is 0 Å². The number of hydrogen-bond donors (Lipinski definition) is 0. The van der Waals surface area contributed by atoms with Gasteiger partial charge in [0.2, 0.25) is 0 Å². The zero-order chi connectivity index (χ0) is 9.94. The molecule has 0 spiro atoms. The standard InChI is InChI=1S/C5H10ClF.C5H5N/c1-2-3-5(7)4-6;1-2-4-6-5-3-1/h5H,2-4H2,1H3;1-5H. The second-order valence-electron chi connectivity index (χ2n) is 2.56. The van der Waals surface area contributed by atoms with Gasteiger partial charge in [0, 0.05) is 12.4 Å². The van der Waals surface area contributed by atoms with Crippen LogP contribution in [0.3, 0.4) is 0 Å². The summed E-state index contributed by atoms with van der Waals surface area (Å²) in [6.45, 7) is 1.94. The van der Waals surface area contributed by atoms with Crippen LogP contribution < -0.4 is 0 Å². The van der Waals surface area contributed by atoms with Gasteiger partial charge < -0.3 is 0 Å². The molecule has 0 aliphatic carbocycles. The third-order valence-corrected chi connectivity index (χ3v) is 1.67. The highest BCUT2D eigenvalue weighted by Crippen LogP contribution is 2.01. The summed E-state index contributed by atoms with van der Waals surface area (Å²) in [4.78, 5) is 3.78. The molecule has 0 amide bonds. The Labute approximate surface area is 84.0 Å². The van der Waals surface area contributed by atoms with Crippen molar-refractivity contribution < 1.29 is 4.39 Å². The maximum atomic E-state index is 12.0. The first-order valence-corrected chi connectivity index (χ1v) is 4.89. The summed E-state index contributed by atoms with van der Waals surface area (Å²) >= 11 is 5.16. The van der Waals surface area contributed by atoms with Gasteiger partial charge in [0.15, 0.2) is 0 Å². The Bertz CT molecular complexity index is 155. The lowest BCUT2D eigenvalue weighted by Gasteiger charge is -1.96. The molecule has 1 unspecified atom stereocenters. The Hall–Kier alpha value is -0.630. The van der Waals surface area contributed by atoms with Crippen LogP contribution in [0.4, 0.5) is 4.39 Å². The summed E-state index contributed by atoms with van der Waals surface area (Å²) in [5.74, 6) is 0.147. The molecule has 0 N–H and O–H groups in total. The van der Waals surface area contributed by atoms with E-state index in [0.29, 0.717) is 6.42 Å². The Balaban J connectivity index is 0.000000223. The van der Waals surface area contributed by atoms with E-state index in [1.807, 2.05) is 25.1 Å². The number of rotatable bonds is 3. The predicted molar refractivity (Wildman–Crippen MR) is 54.8 cm³/mol. The van der Waals surface area contributed by atoms with Crippen molar-refractivity contribution in [2.75, 3.05) is 5.88 Å². The van der Waals surface area contributed by atoms with Gasteiger partial charge in [-0.2, -0.15) is 0 Å². The molecule has 1 rings (SSSR count). The van der Waals surface area contributed by atoms with Gasteiger partial charge in [0.1, 0.15) is 6.17 Å². The Morgan fingerprint density at radius 3 is 2.08 bits per heavy atom. The van der Waals surface area contributed by atoms with Crippen molar-refractivity contribution in [2.45, 2.75) is 25.9 Å². The first-order valence-electron chi connectivity index (χ1n) is 4.36. The van der Waals surface area contributed by atoms with Crippen molar-refractivity contribution in [1.29, 1.82) is 0 Å². The first-order chi connectivity index (χ1) is 6.31. The van der Waals surface area contributed by atoms with E-state index in [4.69, 9.17) is 11.6 Å². The molecular formula is C10H15ClFN. The summed E-state index contributed by atoms with van der Waals surface area (Å²) in [7, 11) is 0. The lowest BCUT2D eigenvalue weighted by molar-refractivity contribution is 0.343. The molecule has 0 aliphatic rings. The second kappa shape index (κ2) is 9.46. The fraction of sp³-hybridized carbons (Fsp3) is 0.500. The second-order valence-corrected chi connectivity index (χ2v) is 2.87. The minimum atomic E-state index is -0.785. The maximum Gasteiger partial charge on any atom is 0.114 e. The van der Waals surface area contributed by atoms with Gasteiger partial charge in [-0.15, -0.1) is 11.6 Å². The zero-order valence-electron chi connectivity index (χ0n) is 7.79. The van der Waals surface area contributed by atoms with Crippen molar-refractivity contribution in [2.24, 2.45) is 0 Å². The van der Waals surface area contributed by atoms with Crippen LogP contribution in [0, 0.1) is 0 Å². The number of nitrogens with zero attached hydrogens (tertiary/aromatic N) is 1. The van der Waals surface area contributed by atoms with E-state index in [1.54, 1.807) is 12.4 Å². The van der Waals surface area contributed by atoms with Gasteiger partial charge >= 0.3 is 0 Å². The van der Waals surface area contributed by atoms with Gasteiger partial charge in [0.05, 0.1) is 5.88 Å². The largest absolute Gasteiger partial charge is 0.265 e. The van der Waals surface area contributed by atoms with Gasteiger partial charge in [-0.25, -0.2) is 4.39 Å². The molecule has 0 aliphatic heterocycles. The molecule has 1 aromatic rings. The van der Waals surface area contributed by atoms with Crippen LogP contribution in [-0.2, 0) is 0 Å². The van der Waals surface area contributed by atoms with E-state index in [2.05, 4.69) is 4.98 Å². The van der Waals surface area contributed by atoms with Crippen LogP contribution in [0.5, 0.6) is 0 Å². The normalized spacial score (nSPS) is 11.3. The molecular weight excluding hydrogens is 189 g/mol. The van der Waals surface area contributed by atoms with Gasteiger partial charge in [-0.3, -0.25) is 4.98 Å². The Morgan fingerprint density at radius 1 is 1.31 bits per heavy atom. The van der Waals surface area contributed by atoms with Crippen LogP contribution >= 0.6 is 11.6 Å².